The van der Waals surface area contributed by atoms with E-state index in [1.165, 1.54) is 0 Å². The summed E-state index contributed by atoms with van der Waals surface area (Å²) < 4.78 is 59.5. The van der Waals surface area contributed by atoms with Crippen LogP contribution in [0.4, 0.5) is 8.78 Å². The van der Waals surface area contributed by atoms with Gasteiger partial charge in [0.05, 0.1) is 28.4 Å². The van der Waals surface area contributed by atoms with Crippen molar-refractivity contribution in [2.24, 2.45) is 5.92 Å². The summed E-state index contributed by atoms with van der Waals surface area (Å²) in [5, 5.41) is 4.55. The largest absolute Gasteiger partial charge is 0.259 e. The Balaban J connectivity index is 1.86. The number of nitrogens with zero attached hydrogens (tertiary/aromatic N) is 2. The molecule has 4 rings (SSSR count). The number of rotatable bonds is 6. The number of halogens is 3. The van der Waals surface area contributed by atoms with Gasteiger partial charge in [-0.3, -0.25) is 4.68 Å². The van der Waals surface area contributed by atoms with E-state index in [-0.39, 0.29) is 10.8 Å². The average molecular weight is 538 g/mol. The first-order valence-electron chi connectivity index (χ1n) is 10.7. The van der Waals surface area contributed by atoms with E-state index >= 15 is 0 Å². The minimum Gasteiger partial charge on any atom is -0.259 e. The highest BCUT2D eigenvalue weighted by Crippen LogP contribution is 2.46. The van der Waals surface area contributed by atoms with Gasteiger partial charge >= 0.3 is 0 Å². The Labute approximate surface area is 201 Å². The van der Waals surface area contributed by atoms with Gasteiger partial charge in [-0.1, -0.05) is 17.7 Å². The van der Waals surface area contributed by atoms with Crippen LogP contribution in [0.3, 0.4) is 0 Å². The monoisotopic (exact) mass is 537 g/mol. The molecule has 1 aliphatic rings. The molecule has 1 saturated carbocycles. The van der Waals surface area contributed by atoms with E-state index in [0.29, 0.717) is 21.3 Å². The summed E-state index contributed by atoms with van der Waals surface area (Å²) >= 11 is 3.36. The lowest BCUT2D eigenvalue weighted by Crippen LogP contribution is -2.31. The predicted octanol–water partition coefficient (Wildman–Crippen LogP) is 6.08. The maximum atomic E-state index is 14.3. The van der Waals surface area contributed by atoms with Crippen molar-refractivity contribution in [3.8, 4) is 11.3 Å². The minimum absolute atomic E-state index is 0.0886. The Morgan fingerprint density at radius 1 is 1.12 bits per heavy atom. The van der Waals surface area contributed by atoms with Crippen LogP contribution in [0.15, 0.2) is 52.0 Å². The molecule has 1 aromatic heterocycles. The molecule has 0 spiro atoms. The molecule has 9 heteroatoms. The molecule has 1 N–H and O–H groups in total. The molecule has 176 valence electrons. The normalized spacial score (nSPS) is 15.6. The Kier molecular flexibility index (Phi) is 6.26. The van der Waals surface area contributed by atoms with E-state index in [2.05, 4.69) is 25.8 Å². The molecule has 0 radical (unpaired) electrons. The summed E-state index contributed by atoms with van der Waals surface area (Å²) in [6, 6.07) is 8.31. The van der Waals surface area contributed by atoms with Crippen LogP contribution in [0.1, 0.15) is 50.8 Å². The summed E-state index contributed by atoms with van der Waals surface area (Å²) in [6.07, 6.45) is 3.36. The highest BCUT2D eigenvalue weighted by molar-refractivity contribution is 9.10. The fraction of sp³-hybridized carbons (Fsp3) is 0.375. The van der Waals surface area contributed by atoms with Crippen LogP contribution in [-0.4, -0.2) is 18.2 Å². The number of sulfonamides is 1. The predicted molar refractivity (Wildman–Crippen MR) is 127 cm³/mol. The summed E-state index contributed by atoms with van der Waals surface area (Å²) in [5.74, 6) is -1.86. The van der Waals surface area contributed by atoms with Gasteiger partial charge in [0.2, 0.25) is 10.0 Å². The summed E-state index contributed by atoms with van der Waals surface area (Å²) in [6.45, 7) is 7.74. The number of hydrogen-bond acceptors (Lipinski definition) is 3. The lowest BCUT2D eigenvalue weighted by Gasteiger charge is -2.26. The molecule has 5 nitrogen and oxygen atoms in total. The van der Waals surface area contributed by atoms with E-state index in [1.54, 1.807) is 35.1 Å². The van der Waals surface area contributed by atoms with Crippen molar-refractivity contribution in [1.29, 1.82) is 0 Å². The first kappa shape index (κ1) is 24.0. The fourth-order valence-corrected chi connectivity index (χ4v) is 5.65. The number of aromatic nitrogens is 2. The van der Waals surface area contributed by atoms with Gasteiger partial charge in [0.25, 0.3) is 0 Å². The Morgan fingerprint density at radius 2 is 1.73 bits per heavy atom. The number of aryl methyl sites for hydroxylation is 1. The van der Waals surface area contributed by atoms with E-state index < -0.39 is 33.2 Å². The lowest BCUT2D eigenvalue weighted by molar-refractivity contribution is 0.359. The minimum atomic E-state index is -3.81. The van der Waals surface area contributed by atoms with Crippen LogP contribution in [0.2, 0.25) is 0 Å². The Morgan fingerprint density at radius 3 is 2.30 bits per heavy atom. The topological polar surface area (TPSA) is 64.0 Å². The van der Waals surface area contributed by atoms with Crippen molar-refractivity contribution >= 4 is 26.0 Å². The molecule has 0 amide bonds. The van der Waals surface area contributed by atoms with Gasteiger partial charge in [0.1, 0.15) is 0 Å². The summed E-state index contributed by atoms with van der Waals surface area (Å²) in [7, 11) is -3.81. The van der Waals surface area contributed by atoms with Gasteiger partial charge in [0, 0.05) is 15.6 Å². The second-order valence-electron chi connectivity index (χ2n) is 9.53. The zero-order valence-corrected chi connectivity index (χ0v) is 21.3. The fourth-order valence-electron chi connectivity index (χ4n) is 3.87. The van der Waals surface area contributed by atoms with Crippen LogP contribution >= 0.6 is 15.9 Å². The smallest absolute Gasteiger partial charge is 0.241 e. The molecule has 3 aromatic rings. The van der Waals surface area contributed by atoms with Crippen LogP contribution < -0.4 is 4.72 Å². The zero-order valence-electron chi connectivity index (χ0n) is 18.9. The maximum Gasteiger partial charge on any atom is 0.241 e. The molecular formula is C24H26BrF2N3O2S. The third kappa shape index (κ3) is 4.90. The number of nitrogens with one attached hydrogen (secondary N) is 1. The Bertz CT molecular complexity index is 1290. The molecule has 0 unspecified atom stereocenters. The molecule has 33 heavy (non-hydrogen) atoms. The maximum absolute atomic E-state index is 14.3. The van der Waals surface area contributed by atoms with E-state index in [9.17, 15) is 17.2 Å². The van der Waals surface area contributed by atoms with Gasteiger partial charge in [-0.05, 0) is 86.6 Å². The molecule has 1 aliphatic carbocycles. The molecule has 2 aromatic carbocycles. The highest BCUT2D eigenvalue weighted by atomic mass is 79.9. The van der Waals surface area contributed by atoms with Gasteiger partial charge < -0.3 is 0 Å². The van der Waals surface area contributed by atoms with Crippen LogP contribution in [0.25, 0.3) is 11.3 Å². The van der Waals surface area contributed by atoms with Crippen molar-refractivity contribution in [2.45, 2.75) is 57.0 Å². The molecular weight excluding hydrogens is 512 g/mol. The van der Waals surface area contributed by atoms with Crippen LogP contribution in [-0.2, 0) is 15.6 Å². The van der Waals surface area contributed by atoms with Crippen LogP contribution in [0.5, 0.6) is 0 Å². The third-order valence-electron chi connectivity index (χ3n) is 5.74. The third-order valence-corrected chi connectivity index (χ3v) is 7.85. The molecule has 1 heterocycles. The van der Waals surface area contributed by atoms with Crippen molar-refractivity contribution in [2.75, 3.05) is 0 Å². The van der Waals surface area contributed by atoms with Crippen molar-refractivity contribution < 1.29 is 17.2 Å². The molecule has 1 atom stereocenters. The first-order valence-corrected chi connectivity index (χ1v) is 13.0. The van der Waals surface area contributed by atoms with E-state index in [1.807, 2.05) is 27.7 Å². The average Bonchev–Trinajstić information content (AvgIpc) is 3.46. The molecule has 0 aliphatic heterocycles. The molecule has 0 bridgehead atoms. The number of hydrogen-bond donors (Lipinski definition) is 1. The second-order valence-corrected chi connectivity index (χ2v) is 12.1. The first-order chi connectivity index (χ1) is 15.4. The Hall–Kier alpha value is -2.10. The van der Waals surface area contributed by atoms with Crippen molar-refractivity contribution in [1.82, 2.24) is 14.5 Å². The van der Waals surface area contributed by atoms with Crippen molar-refractivity contribution in [3.63, 3.8) is 0 Å². The van der Waals surface area contributed by atoms with Gasteiger partial charge in [0.15, 0.2) is 11.6 Å². The quantitative estimate of drug-likeness (QED) is 0.387. The van der Waals surface area contributed by atoms with E-state index in [0.717, 1.165) is 30.5 Å². The standard InChI is InChI=1S/C24H26BrF2N3O2S/c1-14-5-9-16(10-6-14)33(31,32)29-22(15-7-8-15)18-13-28-30(24(2,3)4)23(18)17-11-20(26)21(27)12-19(17)25/h5-6,9-13,15,22,29H,7-8H2,1-4H3/t22-/m1/s1. The SMILES string of the molecule is Cc1ccc(S(=O)(=O)N[C@@H](c2cnn(C(C)(C)C)c2-c2cc(F)c(F)cc2Br)C2CC2)cc1. The highest BCUT2D eigenvalue weighted by Gasteiger charge is 2.39. The lowest BCUT2D eigenvalue weighted by atomic mass is 9.98. The molecule has 0 saturated heterocycles. The molecule has 1 fully saturated rings. The van der Waals surface area contributed by atoms with Gasteiger partial charge in [-0.15, -0.1) is 0 Å². The van der Waals surface area contributed by atoms with Crippen molar-refractivity contribution in [3.05, 3.63) is 69.8 Å². The second kappa shape index (κ2) is 8.60. The van der Waals surface area contributed by atoms with E-state index in [4.69, 9.17) is 0 Å². The van der Waals surface area contributed by atoms with Gasteiger partial charge in [-0.25, -0.2) is 21.9 Å². The van der Waals surface area contributed by atoms with Gasteiger partial charge in [-0.2, -0.15) is 5.10 Å². The zero-order chi connectivity index (χ0) is 24.1. The van der Waals surface area contributed by atoms with Crippen LogP contribution in [0, 0.1) is 24.5 Å². The number of benzene rings is 2. The summed E-state index contributed by atoms with van der Waals surface area (Å²) in [5.41, 5.74) is 2.08. The summed E-state index contributed by atoms with van der Waals surface area (Å²) in [4.78, 5) is 0.178.